The molecule has 0 aliphatic heterocycles. The van der Waals surface area contributed by atoms with E-state index in [1.165, 1.54) is 25.6 Å². The van der Waals surface area contributed by atoms with Crippen LogP contribution in [0.2, 0.25) is 0 Å². The third kappa shape index (κ3) is 3.63. The second kappa shape index (κ2) is 6.45. The van der Waals surface area contributed by atoms with Gasteiger partial charge in [-0.05, 0) is 18.2 Å². The predicted molar refractivity (Wildman–Crippen MR) is 79.2 cm³/mol. The largest absolute Gasteiger partial charge is 0.493 e. The van der Waals surface area contributed by atoms with E-state index in [-0.39, 0.29) is 22.9 Å². The molecular weight excluding hydrogens is 292 g/mol. The van der Waals surface area contributed by atoms with Crippen molar-refractivity contribution < 1.29 is 17.9 Å². The number of hydrogen-bond acceptors (Lipinski definition) is 6. The topological polar surface area (TPSA) is 91.5 Å². The SMILES string of the molecule is COc1ccccc1OCCS(=O)(=O)c1ccncc1N. The second-order valence-electron chi connectivity index (χ2n) is 4.23. The van der Waals surface area contributed by atoms with Crippen molar-refractivity contribution in [2.24, 2.45) is 0 Å². The van der Waals surface area contributed by atoms with Crippen LogP contribution in [0, 0.1) is 0 Å². The van der Waals surface area contributed by atoms with E-state index in [2.05, 4.69) is 4.98 Å². The summed E-state index contributed by atoms with van der Waals surface area (Å²) in [4.78, 5) is 3.84. The maximum atomic E-state index is 12.2. The van der Waals surface area contributed by atoms with Gasteiger partial charge < -0.3 is 15.2 Å². The van der Waals surface area contributed by atoms with Gasteiger partial charge in [0.15, 0.2) is 21.3 Å². The molecule has 0 saturated carbocycles. The van der Waals surface area contributed by atoms with Gasteiger partial charge in [-0.25, -0.2) is 8.42 Å². The van der Waals surface area contributed by atoms with E-state index in [0.29, 0.717) is 11.5 Å². The summed E-state index contributed by atoms with van der Waals surface area (Å²) in [7, 11) is -1.99. The molecule has 0 aliphatic carbocycles. The molecule has 6 nitrogen and oxygen atoms in total. The normalized spacial score (nSPS) is 11.1. The van der Waals surface area contributed by atoms with E-state index in [4.69, 9.17) is 15.2 Å². The van der Waals surface area contributed by atoms with Gasteiger partial charge in [0.2, 0.25) is 0 Å². The van der Waals surface area contributed by atoms with Crippen LogP contribution in [0.4, 0.5) is 5.69 Å². The van der Waals surface area contributed by atoms with Crippen molar-refractivity contribution in [3.05, 3.63) is 42.7 Å². The summed E-state index contributed by atoms with van der Waals surface area (Å²) in [5, 5.41) is 0. The van der Waals surface area contributed by atoms with Crippen molar-refractivity contribution in [3.63, 3.8) is 0 Å². The molecule has 112 valence electrons. The van der Waals surface area contributed by atoms with Gasteiger partial charge in [-0.15, -0.1) is 0 Å². The number of nitrogens with two attached hydrogens (primary N) is 1. The van der Waals surface area contributed by atoms with Gasteiger partial charge in [0.05, 0.1) is 29.6 Å². The summed E-state index contributed by atoms with van der Waals surface area (Å²) in [5.74, 6) is 0.871. The molecule has 1 aromatic heterocycles. The first kappa shape index (κ1) is 15.1. The molecule has 0 aliphatic rings. The third-order valence-corrected chi connectivity index (χ3v) is 4.57. The van der Waals surface area contributed by atoms with E-state index >= 15 is 0 Å². The molecule has 0 unspecified atom stereocenters. The number of nitrogen functional groups attached to an aromatic ring is 1. The van der Waals surface area contributed by atoms with E-state index in [1.807, 2.05) is 0 Å². The van der Waals surface area contributed by atoms with Crippen molar-refractivity contribution in [3.8, 4) is 11.5 Å². The monoisotopic (exact) mass is 308 g/mol. The molecule has 21 heavy (non-hydrogen) atoms. The third-order valence-electron chi connectivity index (χ3n) is 2.82. The van der Waals surface area contributed by atoms with Gasteiger partial charge in [0, 0.05) is 6.20 Å². The van der Waals surface area contributed by atoms with Crippen LogP contribution in [0.1, 0.15) is 0 Å². The molecule has 1 aromatic carbocycles. The zero-order chi connectivity index (χ0) is 15.3. The fraction of sp³-hybridized carbons (Fsp3) is 0.214. The van der Waals surface area contributed by atoms with Crippen molar-refractivity contribution in [1.29, 1.82) is 0 Å². The molecule has 2 N–H and O–H groups in total. The molecule has 2 aromatic rings. The second-order valence-corrected chi connectivity index (χ2v) is 6.31. The lowest BCUT2D eigenvalue weighted by Crippen LogP contribution is -2.16. The Balaban J connectivity index is 2.05. The van der Waals surface area contributed by atoms with Crippen LogP contribution in [0.25, 0.3) is 0 Å². The van der Waals surface area contributed by atoms with Crippen LogP contribution in [0.3, 0.4) is 0 Å². The number of pyridine rings is 1. The average molecular weight is 308 g/mol. The summed E-state index contributed by atoms with van der Waals surface area (Å²) in [6, 6.07) is 8.43. The maximum Gasteiger partial charge on any atom is 0.183 e. The number of benzene rings is 1. The molecular formula is C14H16N2O4S. The zero-order valence-electron chi connectivity index (χ0n) is 11.5. The molecule has 0 radical (unpaired) electrons. The Hall–Kier alpha value is -2.28. The number of ether oxygens (including phenoxy) is 2. The highest BCUT2D eigenvalue weighted by molar-refractivity contribution is 7.91. The fourth-order valence-electron chi connectivity index (χ4n) is 1.79. The molecule has 0 spiro atoms. The van der Waals surface area contributed by atoms with Crippen molar-refractivity contribution in [1.82, 2.24) is 4.98 Å². The van der Waals surface area contributed by atoms with E-state index in [9.17, 15) is 8.42 Å². The van der Waals surface area contributed by atoms with E-state index in [0.717, 1.165) is 0 Å². The van der Waals surface area contributed by atoms with Gasteiger partial charge >= 0.3 is 0 Å². The number of sulfone groups is 1. The minimum atomic E-state index is -3.51. The smallest absolute Gasteiger partial charge is 0.183 e. The first-order chi connectivity index (χ1) is 10.0. The van der Waals surface area contributed by atoms with Crippen LogP contribution < -0.4 is 15.2 Å². The number of nitrogens with zero attached hydrogens (tertiary/aromatic N) is 1. The van der Waals surface area contributed by atoms with Gasteiger partial charge in [-0.2, -0.15) is 0 Å². The standard InChI is InChI=1S/C14H16N2O4S/c1-19-12-4-2-3-5-13(12)20-8-9-21(17,18)14-6-7-16-10-11(14)15/h2-7,10H,8-9,15H2,1H3. The quantitative estimate of drug-likeness (QED) is 0.870. The number of anilines is 1. The summed E-state index contributed by atoms with van der Waals surface area (Å²) in [6.07, 6.45) is 2.71. The Bertz CT molecular complexity index is 716. The Labute approximate surface area is 123 Å². The van der Waals surface area contributed by atoms with Crippen LogP contribution >= 0.6 is 0 Å². The fourth-order valence-corrected chi connectivity index (χ4v) is 2.99. The molecule has 7 heteroatoms. The zero-order valence-corrected chi connectivity index (χ0v) is 12.3. The van der Waals surface area contributed by atoms with Gasteiger partial charge in [-0.3, -0.25) is 4.98 Å². The summed E-state index contributed by atoms with van der Waals surface area (Å²) < 4.78 is 35.0. The van der Waals surface area contributed by atoms with Crippen LogP contribution in [-0.2, 0) is 9.84 Å². The Kier molecular flexibility index (Phi) is 4.64. The Morgan fingerprint density at radius 2 is 1.90 bits per heavy atom. The highest BCUT2D eigenvalue weighted by atomic mass is 32.2. The van der Waals surface area contributed by atoms with E-state index < -0.39 is 9.84 Å². The molecule has 0 atom stereocenters. The molecule has 0 fully saturated rings. The molecule has 1 heterocycles. The van der Waals surface area contributed by atoms with Gasteiger partial charge in [0.1, 0.15) is 6.61 Å². The number of hydrogen-bond donors (Lipinski definition) is 1. The molecule has 0 saturated heterocycles. The lowest BCUT2D eigenvalue weighted by molar-refractivity contribution is 0.311. The maximum absolute atomic E-state index is 12.2. The lowest BCUT2D eigenvalue weighted by Gasteiger charge is -2.11. The highest BCUT2D eigenvalue weighted by Crippen LogP contribution is 2.26. The Morgan fingerprint density at radius 1 is 1.19 bits per heavy atom. The van der Waals surface area contributed by atoms with Crippen molar-refractivity contribution in [2.75, 3.05) is 25.2 Å². The Morgan fingerprint density at radius 3 is 2.57 bits per heavy atom. The van der Waals surface area contributed by atoms with Crippen LogP contribution in [-0.4, -0.2) is 32.9 Å². The first-order valence-corrected chi connectivity index (χ1v) is 7.88. The van der Waals surface area contributed by atoms with Crippen LogP contribution in [0.15, 0.2) is 47.6 Å². The first-order valence-electron chi connectivity index (χ1n) is 6.22. The van der Waals surface area contributed by atoms with Crippen LogP contribution in [0.5, 0.6) is 11.5 Å². The predicted octanol–water partition coefficient (Wildman–Crippen LogP) is 1.53. The average Bonchev–Trinajstić information content (AvgIpc) is 2.48. The van der Waals surface area contributed by atoms with Crippen molar-refractivity contribution in [2.45, 2.75) is 4.90 Å². The minimum absolute atomic E-state index is 0.00443. The minimum Gasteiger partial charge on any atom is -0.493 e. The number of rotatable bonds is 6. The lowest BCUT2D eigenvalue weighted by atomic mass is 10.3. The highest BCUT2D eigenvalue weighted by Gasteiger charge is 2.18. The number of methoxy groups -OCH3 is 1. The number of para-hydroxylation sites is 2. The molecule has 2 rings (SSSR count). The van der Waals surface area contributed by atoms with E-state index in [1.54, 1.807) is 24.3 Å². The summed E-state index contributed by atoms with van der Waals surface area (Å²) in [5.41, 5.74) is 5.77. The number of aromatic nitrogens is 1. The van der Waals surface area contributed by atoms with Gasteiger partial charge in [-0.1, -0.05) is 12.1 Å². The van der Waals surface area contributed by atoms with Crippen molar-refractivity contribution >= 4 is 15.5 Å². The summed E-state index contributed by atoms with van der Waals surface area (Å²) >= 11 is 0. The molecule has 0 bridgehead atoms. The summed E-state index contributed by atoms with van der Waals surface area (Å²) in [6.45, 7) is 0.00443. The van der Waals surface area contributed by atoms with Gasteiger partial charge in [0.25, 0.3) is 0 Å². The molecule has 0 amide bonds.